The van der Waals surface area contributed by atoms with Crippen molar-refractivity contribution in [2.75, 3.05) is 18.1 Å². The van der Waals surface area contributed by atoms with Crippen LogP contribution in [0.4, 0.5) is 0 Å². The maximum absolute atomic E-state index is 3.86. The van der Waals surface area contributed by atoms with Crippen LogP contribution in [0.15, 0.2) is 12.2 Å². The minimum atomic E-state index is 0.626. The van der Waals surface area contributed by atoms with Gasteiger partial charge in [0.2, 0.25) is 0 Å². The van der Waals surface area contributed by atoms with Crippen molar-refractivity contribution in [3.05, 3.63) is 12.2 Å². The van der Waals surface area contributed by atoms with Crippen molar-refractivity contribution in [2.45, 2.75) is 33.2 Å². The molecule has 0 amide bonds. The van der Waals surface area contributed by atoms with Crippen LogP contribution >= 0.6 is 11.8 Å². The summed E-state index contributed by atoms with van der Waals surface area (Å²) in [5.41, 5.74) is 1.21. The molecule has 0 radical (unpaired) electrons. The molecule has 0 aromatic rings. The average Bonchev–Trinajstić information content (AvgIpc) is 2.01. The minimum absolute atomic E-state index is 0.626. The summed E-state index contributed by atoms with van der Waals surface area (Å²) in [5.74, 6) is 2.49. The molecular weight excluding hydrogens is 166 g/mol. The Balaban J connectivity index is 3.21. The number of rotatable bonds is 7. The van der Waals surface area contributed by atoms with E-state index in [9.17, 15) is 0 Å². The first kappa shape index (κ1) is 12.0. The zero-order valence-electron chi connectivity index (χ0n) is 8.52. The lowest BCUT2D eigenvalue weighted by Gasteiger charge is -2.12. The number of hydrogen-bond donors (Lipinski definition) is 1. The van der Waals surface area contributed by atoms with Gasteiger partial charge in [-0.25, -0.2) is 0 Å². The van der Waals surface area contributed by atoms with Gasteiger partial charge < -0.3 is 5.32 Å². The Morgan fingerprint density at radius 3 is 2.75 bits per heavy atom. The molecule has 0 aromatic heterocycles. The molecule has 0 spiro atoms. The van der Waals surface area contributed by atoms with Crippen molar-refractivity contribution in [1.82, 2.24) is 5.32 Å². The second-order valence-electron chi connectivity index (χ2n) is 3.22. The van der Waals surface area contributed by atoms with Crippen molar-refractivity contribution >= 4 is 11.8 Å². The molecule has 0 fully saturated rings. The maximum atomic E-state index is 3.86. The highest BCUT2D eigenvalue weighted by Gasteiger charge is 1.99. The molecule has 1 N–H and O–H groups in total. The Hall–Kier alpha value is 0.0500. The molecule has 0 saturated heterocycles. The fourth-order valence-corrected chi connectivity index (χ4v) is 1.66. The molecular formula is C10H21NS. The fourth-order valence-electron chi connectivity index (χ4n) is 0.855. The summed E-state index contributed by atoms with van der Waals surface area (Å²) < 4.78 is 0. The first-order valence-corrected chi connectivity index (χ1v) is 5.77. The van der Waals surface area contributed by atoms with Crippen molar-refractivity contribution in [3.8, 4) is 0 Å². The number of nitrogens with one attached hydrogen (secondary N) is 1. The molecule has 1 unspecified atom stereocenters. The molecule has 0 bridgehead atoms. The second kappa shape index (κ2) is 7.69. The summed E-state index contributed by atoms with van der Waals surface area (Å²) in [6.45, 7) is 11.3. The van der Waals surface area contributed by atoms with E-state index < -0.39 is 0 Å². The van der Waals surface area contributed by atoms with Crippen molar-refractivity contribution < 1.29 is 0 Å². The van der Waals surface area contributed by atoms with Crippen LogP contribution in [0, 0.1) is 0 Å². The van der Waals surface area contributed by atoms with E-state index in [1.165, 1.54) is 23.5 Å². The smallest absolute Gasteiger partial charge is 0.0161 e. The van der Waals surface area contributed by atoms with Crippen LogP contribution < -0.4 is 5.32 Å². The van der Waals surface area contributed by atoms with Crippen LogP contribution in [0.25, 0.3) is 0 Å². The molecule has 0 aromatic carbocycles. The lowest BCUT2D eigenvalue weighted by atomic mass is 10.2. The van der Waals surface area contributed by atoms with Crippen molar-refractivity contribution in [1.29, 1.82) is 0 Å². The van der Waals surface area contributed by atoms with Crippen LogP contribution in [0.5, 0.6) is 0 Å². The highest BCUT2D eigenvalue weighted by atomic mass is 32.2. The van der Waals surface area contributed by atoms with E-state index in [1.54, 1.807) is 0 Å². The largest absolute Gasteiger partial charge is 0.311 e. The molecule has 0 aliphatic heterocycles. The van der Waals surface area contributed by atoms with E-state index in [0.29, 0.717) is 6.04 Å². The standard InChI is InChI=1S/C10H21NS/c1-5-12-7-6-10(4)11-8-9(2)3/h10-11H,2,5-8H2,1,3-4H3. The van der Waals surface area contributed by atoms with E-state index in [-0.39, 0.29) is 0 Å². The van der Waals surface area contributed by atoms with Gasteiger partial charge in [0.1, 0.15) is 0 Å². The molecule has 12 heavy (non-hydrogen) atoms. The van der Waals surface area contributed by atoms with Gasteiger partial charge in [0.25, 0.3) is 0 Å². The lowest BCUT2D eigenvalue weighted by molar-refractivity contribution is 0.564. The van der Waals surface area contributed by atoms with Gasteiger partial charge in [-0.2, -0.15) is 11.8 Å². The lowest BCUT2D eigenvalue weighted by Crippen LogP contribution is -2.27. The van der Waals surface area contributed by atoms with Crippen LogP contribution in [0.2, 0.25) is 0 Å². The molecule has 0 saturated carbocycles. The van der Waals surface area contributed by atoms with E-state index >= 15 is 0 Å². The van der Waals surface area contributed by atoms with Crippen LogP contribution in [-0.4, -0.2) is 24.1 Å². The maximum Gasteiger partial charge on any atom is 0.0161 e. The van der Waals surface area contributed by atoms with E-state index in [0.717, 1.165) is 6.54 Å². The van der Waals surface area contributed by atoms with Gasteiger partial charge in [0.05, 0.1) is 0 Å². The molecule has 0 aliphatic carbocycles. The summed E-state index contributed by atoms with van der Waals surface area (Å²) in [6.07, 6.45) is 1.26. The van der Waals surface area contributed by atoms with Gasteiger partial charge in [0.15, 0.2) is 0 Å². The SMILES string of the molecule is C=C(C)CNC(C)CCSCC. The Morgan fingerprint density at radius 2 is 2.25 bits per heavy atom. The summed E-state index contributed by atoms with van der Waals surface area (Å²) >= 11 is 2.01. The van der Waals surface area contributed by atoms with Gasteiger partial charge in [-0.05, 0) is 31.8 Å². The van der Waals surface area contributed by atoms with Gasteiger partial charge in [-0.3, -0.25) is 0 Å². The normalized spacial score (nSPS) is 12.9. The molecule has 1 atom stereocenters. The predicted octanol–water partition coefficient (Wildman–Crippen LogP) is 2.68. The summed E-state index contributed by atoms with van der Waals surface area (Å²) in [5, 5.41) is 3.43. The molecule has 0 heterocycles. The van der Waals surface area contributed by atoms with E-state index in [1.807, 2.05) is 11.8 Å². The topological polar surface area (TPSA) is 12.0 Å². The second-order valence-corrected chi connectivity index (χ2v) is 4.62. The van der Waals surface area contributed by atoms with Gasteiger partial charge in [-0.15, -0.1) is 0 Å². The monoisotopic (exact) mass is 187 g/mol. The van der Waals surface area contributed by atoms with E-state index in [4.69, 9.17) is 0 Å². The van der Waals surface area contributed by atoms with E-state index in [2.05, 4.69) is 32.7 Å². The van der Waals surface area contributed by atoms with Gasteiger partial charge >= 0.3 is 0 Å². The summed E-state index contributed by atoms with van der Waals surface area (Å²) in [6, 6.07) is 0.626. The molecule has 0 rings (SSSR count). The zero-order chi connectivity index (χ0) is 9.40. The zero-order valence-corrected chi connectivity index (χ0v) is 9.34. The number of thioether (sulfide) groups is 1. The molecule has 2 heteroatoms. The Morgan fingerprint density at radius 1 is 1.58 bits per heavy atom. The van der Waals surface area contributed by atoms with Crippen LogP contribution in [0.1, 0.15) is 27.2 Å². The predicted molar refractivity (Wildman–Crippen MR) is 59.9 cm³/mol. The first-order valence-electron chi connectivity index (χ1n) is 4.62. The summed E-state index contributed by atoms with van der Waals surface area (Å²) in [4.78, 5) is 0. The van der Waals surface area contributed by atoms with Crippen LogP contribution in [-0.2, 0) is 0 Å². The average molecular weight is 187 g/mol. The third-order valence-electron chi connectivity index (χ3n) is 1.65. The summed E-state index contributed by atoms with van der Waals surface area (Å²) in [7, 11) is 0. The molecule has 1 nitrogen and oxygen atoms in total. The highest BCUT2D eigenvalue weighted by molar-refractivity contribution is 7.99. The van der Waals surface area contributed by atoms with Crippen molar-refractivity contribution in [2.24, 2.45) is 0 Å². The van der Waals surface area contributed by atoms with Gasteiger partial charge in [0, 0.05) is 12.6 Å². The fraction of sp³-hybridized carbons (Fsp3) is 0.800. The first-order chi connectivity index (χ1) is 5.66. The number of hydrogen-bond acceptors (Lipinski definition) is 2. The van der Waals surface area contributed by atoms with Crippen molar-refractivity contribution in [3.63, 3.8) is 0 Å². The third kappa shape index (κ3) is 8.15. The quantitative estimate of drug-likeness (QED) is 0.486. The third-order valence-corrected chi connectivity index (χ3v) is 2.58. The van der Waals surface area contributed by atoms with Gasteiger partial charge in [-0.1, -0.05) is 19.1 Å². The van der Waals surface area contributed by atoms with Crippen LogP contribution in [0.3, 0.4) is 0 Å². The Bertz CT molecular complexity index is 123. The highest BCUT2D eigenvalue weighted by Crippen LogP contribution is 2.03. The molecule has 72 valence electrons. The minimum Gasteiger partial charge on any atom is -0.311 e. The Kier molecular flexibility index (Phi) is 7.72. The molecule has 0 aliphatic rings. The Labute approximate surface area is 81.0 Å².